The van der Waals surface area contributed by atoms with Crippen LogP contribution in [0.25, 0.3) is 33.3 Å². The Morgan fingerprint density at radius 1 is 0.800 bits per heavy atom. The number of rotatable bonds is 3. The molecular formula is C23H18ClN. The van der Waals surface area contributed by atoms with Crippen molar-refractivity contribution in [2.24, 2.45) is 0 Å². The SMILES string of the molecule is CCc1ccc(-c2cc(-c3ccccc3)c3cc(Cl)ccc3n2)cc1. The molecule has 0 unspecified atom stereocenters. The van der Waals surface area contributed by atoms with E-state index in [0.29, 0.717) is 0 Å². The molecule has 0 atom stereocenters. The van der Waals surface area contributed by atoms with Gasteiger partial charge >= 0.3 is 0 Å². The molecule has 0 saturated heterocycles. The Balaban J connectivity index is 1.96. The fraction of sp³-hybridized carbons (Fsp3) is 0.0870. The highest BCUT2D eigenvalue weighted by molar-refractivity contribution is 6.31. The predicted octanol–water partition coefficient (Wildman–Crippen LogP) is 6.78. The first-order valence-electron chi connectivity index (χ1n) is 8.49. The van der Waals surface area contributed by atoms with Gasteiger partial charge in [0.15, 0.2) is 0 Å². The van der Waals surface area contributed by atoms with Crippen molar-refractivity contribution >= 4 is 22.5 Å². The number of fused-ring (bicyclic) bond motifs is 1. The summed E-state index contributed by atoms with van der Waals surface area (Å²) >= 11 is 6.24. The van der Waals surface area contributed by atoms with Gasteiger partial charge in [-0.2, -0.15) is 0 Å². The van der Waals surface area contributed by atoms with Crippen molar-refractivity contribution in [3.05, 3.63) is 89.4 Å². The third-order valence-corrected chi connectivity index (χ3v) is 4.75. The van der Waals surface area contributed by atoms with Crippen molar-refractivity contribution in [1.29, 1.82) is 0 Å². The zero-order valence-corrected chi connectivity index (χ0v) is 14.8. The highest BCUT2D eigenvalue weighted by atomic mass is 35.5. The summed E-state index contributed by atoms with van der Waals surface area (Å²) in [6.45, 7) is 2.17. The van der Waals surface area contributed by atoms with E-state index in [0.717, 1.165) is 39.2 Å². The van der Waals surface area contributed by atoms with E-state index in [-0.39, 0.29) is 0 Å². The van der Waals surface area contributed by atoms with Crippen molar-refractivity contribution in [2.45, 2.75) is 13.3 Å². The molecule has 122 valence electrons. The smallest absolute Gasteiger partial charge is 0.0716 e. The molecule has 4 aromatic rings. The zero-order valence-electron chi connectivity index (χ0n) is 14.0. The van der Waals surface area contributed by atoms with Gasteiger partial charge in [0.2, 0.25) is 0 Å². The molecule has 0 saturated carbocycles. The summed E-state index contributed by atoms with van der Waals surface area (Å²) in [7, 11) is 0. The van der Waals surface area contributed by atoms with Gasteiger partial charge in [-0.1, -0.05) is 73.1 Å². The summed E-state index contributed by atoms with van der Waals surface area (Å²) in [6, 6.07) is 27.1. The van der Waals surface area contributed by atoms with E-state index in [4.69, 9.17) is 16.6 Å². The summed E-state index contributed by atoms with van der Waals surface area (Å²) in [5, 5.41) is 1.80. The van der Waals surface area contributed by atoms with E-state index < -0.39 is 0 Å². The van der Waals surface area contributed by atoms with E-state index in [1.54, 1.807) is 0 Å². The minimum absolute atomic E-state index is 0.728. The molecular weight excluding hydrogens is 326 g/mol. The molecule has 3 aromatic carbocycles. The van der Waals surface area contributed by atoms with E-state index >= 15 is 0 Å². The number of halogens is 1. The monoisotopic (exact) mass is 343 g/mol. The number of hydrogen-bond donors (Lipinski definition) is 0. The Morgan fingerprint density at radius 3 is 2.28 bits per heavy atom. The van der Waals surface area contributed by atoms with Crippen molar-refractivity contribution in [1.82, 2.24) is 4.98 Å². The molecule has 0 aliphatic carbocycles. The van der Waals surface area contributed by atoms with Crippen LogP contribution in [0.4, 0.5) is 0 Å². The van der Waals surface area contributed by atoms with Gasteiger partial charge < -0.3 is 0 Å². The van der Waals surface area contributed by atoms with Gasteiger partial charge in [0.1, 0.15) is 0 Å². The molecule has 0 amide bonds. The van der Waals surface area contributed by atoms with E-state index in [1.807, 2.05) is 24.3 Å². The standard InChI is InChI=1S/C23H18ClN/c1-2-16-8-10-18(11-9-16)23-15-20(17-6-4-3-5-7-17)21-14-19(24)12-13-22(21)25-23/h3-15H,2H2,1H3. The molecule has 0 spiro atoms. The summed E-state index contributed by atoms with van der Waals surface area (Å²) in [5.74, 6) is 0. The highest BCUT2D eigenvalue weighted by Crippen LogP contribution is 2.33. The average molecular weight is 344 g/mol. The second kappa shape index (κ2) is 6.70. The lowest BCUT2D eigenvalue weighted by atomic mass is 9.98. The minimum atomic E-state index is 0.728. The van der Waals surface area contributed by atoms with E-state index in [1.165, 1.54) is 11.1 Å². The molecule has 0 bridgehead atoms. The number of aryl methyl sites for hydroxylation is 1. The van der Waals surface area contributed by atoms with Crippen LogP contribution in [0.1, 0.15) is 12.5 Å². The maximum absolute atomic E-state index is 6.24. The molecule has 0 aliphatic rings. The molecule has 1 aromatic heterocycles. The number of nitrogens with zero attached hydrogens (tertiary/aromatic N) is 1. The molecule has 0 aliphatic heterocycles. The second-order valence-corrected chi connectivity index (χ2v) is 6.57. The van der Waals surface area contributed by atoms with Crippen LogP contribution < -0.4 is 0 Å². The maximum atomic E-state index is 6.24. The fourth-order valence-corrected chi connectivity index (χ4v) is 3.29. The summed E-state index contributed by atoms with van der Waals surface area (Å²) in [4.78, 5) is 4.87. The number of aromatic nitrogens is 1. The fourth-order valence-electron chi connectivity index (χ4n) is 3.11. The third-order valence-electron chi connectivity index (χ3n) is 4.51. The molecule has 0 radical (unpaired) electrons. The lowest BCUT2D eigenvalue weighted by Gasteiger charge is -2.11. The van der Waals surface area contributed by atoms with Crippen LogP contribution in [0, 0.1) is 0 Å². The van der Waals surface area contributed by atoms with Gasteiger partial charge in [-0.3, -0.25) is 0 Å². The largest absolute Gasteiger partial charge is 0.248 e. The first-order valence-corrected chi connectivity index (χ1v) is 8.87. The Hall–Kier alpha value is -2.64. The van der Waals surface area contributed by atoms with Gasteiger partial charge in [0.25, 0.3) is 0 Å². The molecule has 0 fully saturated rings. The van der Waals surface area contributed by atoms with E-state index in [2.05, 4.69) is 61.5 Å². The van der Waals surface area contributed by atoms with Crippen molar-refractivity contribution in [2.75, 3.05) is 0 Å². The van der Waals surface area contributed by atoms with Crippen molar-refractivity contribution in [3.8, 4) is 22.4 Å². The van der Waals surface area contributed by atoms with Crippen molar-refractivity contribution in [3.63, 3.8) is 0 Å². The van der Waals surface area contributed by atoms with Crippen LogP contribution in [0.3, 0.4) is 0 Å². The summed E-state index contributed by atoms with van der Waals surface area (Å²) in [5.41, 5.74) is 6.73. The normalized spacial score (nSPS) is 11.0. The Morgan fingerprint density at radius 2 is 1.56 bits per heavy atom. The van der Waals surface area contributed by atoms with Gasteiger partial charge in [0.05, 0.1) is 11.2 Å². The van der Waals surface area contributed by atoms with Crippen LogP contribution >= 0.6 is 11.6 Å². The number of hydrogen-bond acceptors (Lipinski definition) is 1. The van der Waals surface area contributed by atoms with E-state index in [9.17, 15) is 0 Å². The third kappa shape index (κ3) is 3.16. The molecule has 4 rings (SSSR count). The van der Waals surface area contributed by atoms with Gasteiger partial charge in [-0.15, -0.1) is 0 Å². The minimum Gasteiger partial charge on any atom is -0.248 e. The first-order chi connectivity index (χ1) is 12.2. The quantitative estimate of drug-likeness (QED) is 0.399. The zero-order chi connectivity index (χ0) is 17.2. The molecule has 1 nitrogen and oxygen atoms in total. The lowest BCUT2D eigenvalue weighted by Crippen LogP contribution is -1.90. The Kier molecular flexibility index (Phi) is 4.25. The summed E-state index contributed by atoms with van der Waals surface area (Å²) < 4.78 is 0. The Labute approximate surface area is 152 Å². The van der Waals surface area contributed by atoms with Crippen LogP contribution in [0.5, 0.6) is 0 Å². The first kappa shape index (κ1) is 15.9. The lowest BCUT2D eigenvalue weighted by molar-refractivity contribution is 1.14. The molecule has 2 heteroatoms. The topological polar surface area (TPSA) is 12.9 Å². The van der Waals surface area contributed by atoms with Crippen LogP contribution in [-0.2, 0) is 6.42 Å². The maximum Gasteiger partial charge on any atom is 0.0716 e. The van der Waals surface area contributed by atoms with Gasteiger partial charge in [-0.25, -0.2) is 4.98 Å². The number of benzene rings is 3. The van der Waals surface area contributed by atoms with Gasteiger partial charge in [-0.05, 0) is 47.4 Å². The van der Waals surface area contributed by atoms with Gasteiger partial charge in [0, 0.05) is 16.0 Å². The van der Waals surface area contributed by atoms with Crippen molar-refractivity contribution < 1.29 is 0 Å². The molecule has 25 heavy (non-hydrogen) atoms. The highest BCUT2D eigenvalue weighted by Gasteiger charge is 2.10. The predicted molar refractivity (Wildman–Crippen MR) is 107 cm³/mol. The second-order valence-electron chi connectivity index (χ2n) is 6.13. The van der Waals surface area contributed by atoms with Crippen LogP contribution in [0.15, 0.2) is 78.9 Å². The molecule has 0 N–H and O–H groups in total. The summed E-state index contributed by atoms with van der Waals surface area (Å²) in [6.07, 6.45) is 1.04. The number of pyridine rings is 1. The average Bonchev–Trinajstić information content (AvgIpc) is 2.68. The van der Waals surface area contributed by atoms with Crippen LogP contribution in [-0.4, -0.2) is 4.98 Å². The molecule has 1 heterocycles. The Bertz CT molecular complexity index is 1020. The van der Waals surface area contributed by atoms with Crippen LogP contribution in [0.2, 0.25) is 5.02 Å².